The summed E-state index contributed by atoms with van der Waals surface area (Å²) in [5.41, 5.74) is 0.825. The summed E-state index contributed by atoms with van der Waals surface area (Å²) < 4.78 is 32.6. The fourth-order valence-electron chi connectivity index (χ4n) is 4.84. The van der Waals surface area contributed by atoms with E-state index >= 15 is 0 Å². The molecule has 0 aliphatic carbocycles. The Balaban J connectivity index is 1.77. The van der Waals surface area contributed by atoms with Crippen LogP contribution in [-0.2, 0) is 26.0 Å². The van der Waals surface area contributed by atoms with Crippen LogP contribution in [-0.4, -0.2) is 31.0 Å². The van der Waals surface area contributed by atoms with Gasteiger partial charge in [0.25, 0.3) is 5.56 Å². The fraction of sp³-hybridized carbons (Fsp3) is 0.179. The number of rotatable bonds is 1. The molecule has 2 aromatic heterocycles. The molecule has 1 aliphatic rings. The van der Waals surface area contributed by atoms with Crippen LogP contribution in [0.4, 0.5) is 0 Å². The van der Waals surface area contributed by atoms with Crippen LogP contribution in [0.1, 0.15) is 26.6 Å². The van der Waals surface area contributed by atoms with Crippen molar-refractivity contribution in [1.82, 2.24) is 19.3 Å². The number of hydrogen-bond donors (Lipinski definition) is 1. The molecule has 0 amide bonds. The summed E-state index contributed by atoms with van der Waals surface area (Å²) in [6.45, 7) is -2.39. The molecular formula is C28H23ClN4O3. The Hall–Kier alpha value is -3.94. The number of ether oxygens (including phenoxy) is 1. The molecule has 6 bridgehead atoms. The van der Waals surface area contributed by atoms with Gasteiger partial charge in [0.1, 0.15) is 12.1 Å². The predicted molar refractivity (Wildman–Crippen MR) is 138 cm³/mol. The lowest BCUT2D eigenvalue weighted by Crippen LogP contribution is -2.32. The Morgan fingerprint density at radius 2 is 1.94 bits per heavy atom. The van der Waals surface area contributed by atoms with Gasteiger partial charge in [-0.05, 0) is 52.1 Å². The lowest BCUT2D eigenvalue weighted by Gasteiger charge is -2.29. The first-order valence-corrected chi connectivity index (χ1v) is 11.7. The Morgan fingerprint density at radius 1 is 1.11 bits per heavy atom. The summed E-state index contributed by atoms with van der Waals surface area (Å²) in [7, 11) is 1.72. The zero-order valence-corrected chi connectivity index (χ0v) is 20.0. The maximum Gasteiger partial charge on any atom is 0.251 e. The highest BCUT2D eigenvalue weighted by Gasteiger charge is 2.39. The molecule has 1 aliphatic heterocycles. The van der Waals surface area contributed by atoms with E-state index in [2.05, 4.69) is 10.2 Å². The van der Waals surface area contributed by atoms with E-state index in [0.29, 0.717) is 45.9 Å². The van der Waals surface area contributed by atoms with Crippen molar-refractivity contribution >= 4 is 22.5 Å². The van der Waals surface area contributed by atoms with Crippen LogP contribution < -0.4 is 10.3 Å². The van der Waals surface area contributed by atoms with Crippen molar-refractivity contribution in [2.75, 3.05) is 6.61 Å². The van der Waals surface area contributed by atoms with Crippen LogP contribution in [0.3, 0.4) is 0 Å². The molecule has 0 fully saturated rings. The second-order valence-electron chi connectivity index (χ2n) is 8.88. The van der Waals surface area contributed by atoms with Gasteiger partial charge in [0.2, 0.25) is 0 Å². The third-order valence-electron chi connectivity index (χ3n) is 6.70. The summed E-state index contributed by atoms with van der Waals surface area (Å²) in [5, 5.41) is 21.6. The summed E-state index contributed by atoms with van der Waals surface area (Å²) in [6, 6.07) is 18.8. The zero-order valence-electron chi connectivity index (χ0n) is 22.3. The molecule has 5 aromatic rings. The Labute approximate surface area is 216 Å². The van der Waals surface area contributed by atoms with Crippen molar-refractivity contribution in [3.63, 3.8) is 0 Å². The van der Waals surface area contributed by atoms with Crippen molar-refractivity contribution in [3.8, 4) is 16.9 Å². The minimum absolute atomic E-state index is 0.221. The number of aryl methyl sites for hydroxylation is 2. The van der Waals surface area contributed by atoms with Crippen LogP contribution in [0, 0.1) is 0 Å². The van der Waals surface area contributed by atoms with Crippen molar-refractivity contribution in [3.05, 3.63) is 111 Å². The quantitative estimate of drug-likeness (QED) is 0.372. The average Bonchev–Trinajstić information content (AvgIpc) is 3.33. The van der Waals surface area contributed by atoms with Crippen molar-refractivity contribution < 1.29 is 14.0 Å². The van der Waals surface area contributed by atoms with E-state index in [1.165, 1.54) is 12.4 Å². The molecule has 8 heteroatoms. The Kier molecular flexibility index (Phi) is 4.46. The summed E-state index contributed by atoms with van der Waals surface area (Å²) in [6.07, 6.45) is 2.04. The number of fused-ring (bicyclic) bond motifs is 6. The Morgan fingerprint density at radius 3 is 2.75 bits per heavy atom. The molecule has 7 nitrogen and oxygen atoms in total. The van der Waals surface area contributed by atoms with E-state index in [9.17, 15) is 9.90 Å². The standard InChI is InChI=1S/C28H23ClN4O3/c1-32-16-30-31-27(32)28(35)19-7-9-24-22(13-19)21(15-26(34)33(24)2)18-5-3-4-17(12-18)10-11-36-25-14-20(28)6-8-23(25)29/h3-9,12-16,35H,10-11H2,1-2H3/i2D3. The van der Waals surface area contributed by atoms with Crippen LogP contribution in [0.5, 0.6) is 5.75 Å². The zero-order chi connectivity index (χ0) is 27.5. The minimum atomic E-state index is -2.71. The Bertz CT molecular complexity index is 1810. The molecule has 0 saturated heterocycles. The van der Waals surface area contributed by atoms with E-state index in [-0.39, 0.29) is 11.3 Å². The molecule has 1 atom stereocenters. The predicted octanol–water partition coefficient (Wildman–Crippen LogP) is 4.21. The third kappa shape index (κ3) is 3.43. The molecule has 0 saturated carbocycles. The number of benzene rings is 3. The molecule has 3 aromatic carbocycles. The van der Waals surface area contributed by atoms with Gasteiger partial charge in [-0.1, -0.05) is 48.0 Å². The van der Waals surface area contributed by atoms with Gasteiger partial charge >= 0.3 is 0 Å². The average molecular weight is 502 g/mol. The SMILES string of the molecule is [2H]C([2H])([2H])n1c(=O)cc2c3cc(ccc31)C(O)(c1nncn1C)c1ccc(Cl)c(c1)OCCc1cccc-2c1. The minimum Gasteiger partial charge on any atom is -0.492 e. The smallest absolute Gasteiger partial charge is 0.251 e. The normalized spacial score (nSPS) is 18.7. The molecule has 180 valence electrons. The summed E-state index contributed by atoms with van der Waals surface area (Å²) >= 11 is 6.47. The maximum atomic E-state index is 13.2. The highest BCUT2D eigenvalue weighted by atomic mass is 35.5. The molecular weight excluding hydrogens is 476 g/mol. The number of pyridine rings is 1. The molecule has 0 spiro atoms. The molecule has 6 rings (SSSR count). The molecule has 1 N–H and O–H groups in total. The van der Waals surface area contributed by atoms with E-state index in [1.54, 1.807) is 48.0 Å². The summed E-state index contributed by atoms with van der Waals surface area (Å²) in [5.74, 6) is 0.635. The van der Waals surface area contributed by atoms with Crippen LogP contribution >= 0.6 is 11.6 Å². The van der Waals surface area contributed by atoms with Crippen molar-refractivity contribution in [2.24, 2.45) is 14.0 Å². The molecule has 36 heavy (non-hydrogen) atoms. The highest BCUT2D eigenvalue weighted by Crippen LogP contribution is 2.41. The van der Waals surface area contributed by atoms with Gasteiger partial charge in [0.05, 0.1) is 17.1 Å². The number of nitrogens with zero attached hydrogens (tertiary/aromatic N) is 4. The number of halogens is 1. The lowest BCUT2D eigenvalue weighted by atomic mass is 9.83. The molecule has 0 radical (unpaired) electrons. The van der Waals surface area contributed by atoms with E-state index < -0.39 is 18.1 Å². The molecule has 1 unspecified atom stereocenters. The highest BCUT2D eigenvalue weighted by molar-refractivity contribution is 6.32. The monoisotopic (exact) mass is 501 g/mol. The summed E-state index contributed by atoms with van der Waals surface area (Å²) in [4.78, 5) is 13.2. The van der Waals surface area contributed by atoms with Gasteiger partial charge < -0.3 is 19.0 Å². The van der Waals surface area contributed by atoms with E-state index in [0.717, 1.165) is 15.7 Å². The second-order valence-corrected chi connectivity index (χ2v) is 9.29. The number of aromatic nitrogens is 4. The van der Waals surface area contributed by atoms with Crippen LogP contribution in [0.15, 0.2) is 77.9 Å². The van der Waals surface area contributed by atoms with Gasteiger partial charge in [-0.25, -0.2) is 0 Å². The van der Waals surface area contributed by atoms with E-state index in [1.807, 2.05) is 24.3 Å². The van der Waals surface area contributed by atoms with Gasteiger partial charge in [0.15, 0.2) is 11.4 Å². The fourth-order valence-corrected chi connectivity index (χ4v) is 5.02. The number of aliphatic hydroxyl groups is 1. The van der Waals surface area contributed by atoms with E-state index in [4.69, 9.17) is 20.5 Å². The van der Waals surface area contributed by atoms with Crippen molar-refractivity contribution in [1.29, 1.82) is 0 Å². The third-order valence-corrected chi connectivity index (χ3v) is 7.02. The molecule has 3 heterocycles. The second kappa shape index (κ2) is 8.33. The van der Waals surface area contributed by atoms with Gasteiger partial charge in [0, 0.05) is 36.0 Å². The largest absolute Gasteiger partial charge is 0.492 e. The first-order valence-electron chi connectivity index (χ1n) is 12.9. The first kappa shape index (κ1) is 19.3. The van der Waals surface area contributed by atoms with Gasteiger partial charge in [-0.2, -0.15) is 0 Å². The van der Waals surface area contributed by atoms with Crippen LogP contribution in [0.2, 0.25) is 5.02 Å². The van der Waals surface area contributed by atoms with Gasteiger partial charge in [-0.3, -0.25) is 4.79 Å². The lowest BCUT2D eigenvalue weighted by molar-refractivity contribution is 0.111. The van der Waals surface area contributed by atoms with Crippen molar-refractivity contribution in [2.45, 2.75) is 12.0 Å². The topological polar surface area (TPSA) is 82.2 Å². The maximum absolute atomic E-state index is 13.2. The number of hydrogen-bond acceptors (Lipinski definition) is 5. The first-order chi connectivity index (χ1) is 18.6. The van der Waals surface area contributed by atoms with Crippen LogP contribution in [0.25, 0.3) is 22.0 Å². The van der Waals surface area contributed by atoms with Gasteiger partial charge in [-0.15, -0.1) is 10.2 Å².